The highest BCUT2D eigenvalue weighted by Crippen LogP contribution is 2.31. The van der Waals surface area contributed by atoms with E-state index in [2.05, 4.69) is 11.2 Å². The zero-order valence-corrected chi connectivity index (χ0v) is 9.59. The summed E-state index contributed by atoms with van der Waals surface area (Å²) in [5.41, 5.74) is 2.46. The molecule has 0 N–H and O–H groups in total. The maximum Gasteiger partial charge on any atom is 0.0596 e. The first-order valence-corrected chi connectivity index (χ1v) is 5.72. The van der Waals surface area contributed by atoms with Crippen molar-refractivity contribution >= 4 is 11.6 Å². The average molecular weight is 213 g/mol. The fourth-order valence-corrected chi connectivity index (χ4v) is 2.73. The largest absolute Gasteiger partial charge is 0.272 e. The molecule has 0 aliphatic heterocycles. The van der Waals surface area contributed by atoms with Gasteiger partial charge in [0, 0.05) is 18.1 Å². The summed E-state index contributed by atoms with van der Waals surface area (Å²) in [4.78, 5) is 0. The summed E-state index contributed by atoms with van der Waals surface area (Å²) in [6, 6.07) is 2.18. The normalized spacial score (nSPS) is 27.1. The molecule has 1 aromatic heterocycles. The third kappa shape index (κ3) is 2.11. The van der Waals surface area contributed by atoms with E-state index in [-0.39, 0.29) is 0 Å². The van der Waals surface area contributed by atoms with Crippen molar-refractivity contribution in [3.05, 3.63) is 17.5 Å². The molecule has 0 amide bonds. The van der Waals surface area contributed by atoms with E-state index in [9.17, 15) is 0 Å². The summed E-state index contributed by atoms with van der Waals surface area (Å²) in [5, 5.41) is 4.77. The second-order valence-corrected chi connectivity index (χ2v) is 5.00. The Morgan fingerprint density at radius 2 is 2.36 bits per heavy atom. The van der Waals surface area contributed by atoms with Gasteiger partial charge in [-0.25, -0.2) is 0 Å². The molecule has 78 valence electrons. The fraction of sp³-hybridized carbons (Fsp3) is 0.727. The van der Waals surface area contributed by atoms with Gasteiger partial charge >= 0.3 is 0 Å². The molecule has 0 spiro atoms. The molecule has 1 fully saturated rings. The van der Waals surface area contributed by atoms with Gasteiger partial charge in [-0.2, -0.15) is 5.10 Å². The Morgan fingerprint density at radius 3 is 2.86 bits per heavy atom. The monoisotopic (exact) mass is 212 g/mol. The zero-order chi connectivity index (χ0) is 10.1. The second-order valence-electron chi connectivity index (χ2n) is 4.38. The minimum atomic E-state index is 0.411. The van der Waals surface area contributed by atoms with Gasteiger partial charge in [0.1, 0.15) is 0 Å². The molecule has 3 heteroatoms. The van der Waals surface area contributed by atoms with Crippen LogP contribution in [0.5, 0.6) is 0 Å². The van der Waals surface area contributed by atoms with E-state index in [1.54, 1.807) is 0 Å². The lowest BCUT2D eigenvalue weighted by Crippen LogP contribution is -2.05. The van der Waals surface area contributed by atoms with Gasteiger partial charge in [0.15, 0.2) is 0 Å². The Kier molecular flexibility index (Phi) is 2.82. The molecule has 1 heterocycles. The first-order valence-electron chi connectivity index (χ1n) is 5.28. The van der Waals surface area contributed by atoms with Crippen LogP contribution >= 0.6 is 11.6 Å². The highest BCUT2D eigenvalue weighted by atomic mass is 35.5. The first-order chi connectivity index (χ1) is 6.65. The highest BCUT2D eigenvalue weighted by molar-refractivity contribution is 6.20. The van der Waals surface area contributed by atoms with Crippen LogP contribution in [0.3, 0.4) is 0 Å². The van der Waals surface area contributed by atoms with Crippen LogP contribution in [0.4, 0.5) is 0 Å². The van der Waals surface area contributed by atoms with Gasteiger partial charge in [0.25, 0.3) is 0 Å². The van der Waals surface area contributed by atoms with Crippen LogP contribution in [0.15, 0.2) is 6.07 Å². The molecule has 1 aromatic rings. The van der Waals surface area contributed by atoms with Gasteiger partial charge in [-0.15, -0.1) is 11.6 Å². The van der Waals surface area contributed by atoms with Gasteiger partial charge in [0.2, 0.25) is 0 Å². The number of halogens is 1. The van der Waals surface area contributed by atoms with Crippen LogP contribution in [-0.4, -0.2) is 15.2 Å². The molecule has 0 radical (unpaired) electrons. The quantitative estimate of drug-likeness (QED) is 0.690. The summed E-state index contributed by atoms with van der Waals surface area (Å²) >= 11 is 6.10. The molecule has 1 aliphatic carbocycles. The third-order valence-electron chi connectivity index (χ3n) is 3.07. The van der Waals surface area contributed by atoms with Gasteiger partial charge in [0.05, 0.1) is 5.69 Å². The van der Waals surface area contributed by atoms with Crippen molar-refractivity contribution in [1.82, 2.24) is 9.78 Å². The van der Waals surface area contributed by atoms with Gasteiger partial charge in [-0.05, 0) is 44.6 Å². The van der Waals surface area contributed by atoms with Gasteiger partial charge in [-0.3, -0.25) is 4.68 Å². The predicted molar refractivity (Wildman–Crippen MR) is 58.6 cm³/mol. The number of rotatable bonds is 2. The van der Waals surface area contributed by atoms with Crippen LogP contribution in [0.1, 0.15) is 30.7 Å². The minimum Gasteiger partial charge on any atom is -0.272 e. The summed E-state index contributed by atoms with van der Waals surface area (Å²) in [5.74, 6) is 0.771. The number of nitrogens with zero attached hydrogens (tertiary/aromatic N) is 2. The van der Waals surface area contributed by atoms with Crippen LogP contribution in [0.2, 0.25) is 0 Å². The van der Waals surface area contributed by atoms with Crippen LogP contribution in [0.25, 0.3) is 0 Å². The van der Waals surface area contributed by atoms with Crippen molar-refractivity contribution < 1.29 is 0 Å². The van der Waals surface area contributed by atoms with E-state index in [4.69, 9.17) is 11.6 Å². The Labute approximate surface area is 90.3 Å². The highest BCUT2D eigenvalue weighted by Gasteiger charge is 2.23. The summed E-state index contributed by atoms with van der Waals surface area (Å²) in [6.07, 6.45) is 4.77. The van der Waals surface area contributed by atoms with Crippen molar-refractivity contribution in [3.8, 4) is 0 Å². The lowest BCUT2D eigenvalue weighted by Gasteiger charge is -2.08. The van der Waals surface area contributed by atoms with Gasteiger partial charge < -0.3 is 0 Å². The molecule has 2 nitrogen and oxygen atoms in total. The molecule has 2 atom stereocenters. The van der Waals surface area contributed by atoms with Gasteiger partial charge in [-0.1, -0.05) is 0 Å². The first kappa shape index (κ1) is 10.0. The van der Waals surface area contributed by atoms with E-state index in [1.165, 1.54) is 25.0 Å². The summed E-state index contributed by atoms with van der Waals surface area (Å²) in [7, 11) is 2.02. The lowest BCUT2D eigenvalue weighted by molar-refractivity contribution is 0.521. The Hall–Kier alpha value is -0.500. The standard InChI is InChI=1S/C11H17ClN2/c1-8-5-11(14(2)13-8)7-9-3-4-10(12)6-9/h5,9-10H,3-4,6-7H2,1-2H3. The maximum atomic E-state index is 6.10. The summed E-state index contributed by atoms with van der Waals surface area (Å²) < 4.78 is 2.00. The number of aromatic nitrogens is 2. The molecule has 0 bridgehead atoms. The van der Waals surface area contributed by atoms with Crippen molar-refractivity contribution in [2.75, 3.05) is 0 Å². The van der Waals surface area contributed by atoms with E-state index in [0.717, 1.165) is 18.0 Å². The maximum absolute atomic E-state index is 6.10. The van der Waals surface area contributed by atoms with Crippen LogP contribution in [-0.2, 0) is 13.5 Å². The molecular formula is C11H17ClN2. The topological polar surface area (TPSA) is 17.8 Å². The molecule has 14 heavy (non-hydrogen) atoms. The Morgan fingerprint density at radius 1 is 1.57 bits per heavy atom. The van der Waals surface area contributed by atoms with Crippen LogP contribution < -0.4 is 0 Å². The zero-order valence-electron chi connectivity index (χ0n) is 8.83. The van der Waals surface area contributed by atoms with E-state index >= 15 is 0 Å². The number of hydrogen-bond donors (Lipinski definition) is 0. The lowest BCUT2D eigenvalue weighted by atomic mass is 10.0. The Bertz CT molecular complexity index is 319. The smallest absolute Gasteiger partial charge is 0.0596 e. The molecular weight excluding hydrogens is 196 g/mol. The molecule has 1 saturated carbocycles. The van der Waals surface area contributed by atoms with Crippen molar-refractivity contribution in [2.45, 2.75) is 38.0 Å². The SMILES string of the molecule is Cc1cc(CC2CCC(Cl)C2)n(C)n1. The summed E-state index contributed by atoms with van der Waals surface area (Å²) in [6.45, 7) is 2.04. The second kappa shape index (κ2) is 3.93. The average Bonchev–Trinajstić information content (AvgIpc) is 2.61. The van der Waals surface area contributed by atoms with E-state index in [0.29, 0.717) is 5.38 Å². The van der Waals surface area contributed by atoms with Crippen molar-refractivity contribution in [1.29, 1.82) is 0 Å². The number of hydrogen-bond acceptors (Lipinski definition) is 1. The molecule has 0 aromatic carbocycles. The minimum absolute atomic E-state index is 0.411. The molecule has 1 aliphatic rings. The van der Waals surface area contributed by atoms with E-state index < -0.39 is 0 Å². The fourth-order valence-electron chi connectivity index (χ4n) is 2.35. The molecule has 2 unspecified atom stereocenters. The van der Waals surface area contributed by atoms with Crippen molar-refractivity contribution in [3.63, 3.8) is 0 Å². The molecule has 2 rings (SSSR count). The third-order valence-corrected chi connectivity index (χ3v) is 3.47. The number of alkyl halides is 1. The Balaban J connectivity index is 2.00. The van der Waals surface area contributed by atoms with E-state index in [1.807, 2.05) is 18.7 Å². The van der Waals surface area contributed by atoms with Crippen molar-refractivity contribution in [2.24, 2.45) is 13.0 Å². The van der Waals surface area contributed by atoms with Crippen LogP contribution in [0, 0.1) is 12.8 Å². The predicted octanol–water partition coefficient (Wildman–Crippen LogP) is 2.68. The number of aryl methyl sites for hydroxylation is 2. The molecule has 0 saturated heterocycles.